The number of alkyl halides is 3. The van der Waals surface area contributed by atoms with Crippen LogP contribution in [0.3, 0.4) is 0 Å². The van der Waals surface area contributed by atoms with E-state index in [0.29, 0.717) is 21.5 Å². The first-order chi connectivity index (χ1) is 9.84. The van der Waals surface area contributed by atoms with Crippen LogP contribution in [0, 0.1) is 0 Å². The van der Waals surface area contributed by atoms with Crippen LogP contribution in [0.15, 0.2) is 16.6 Å². The van der Waals surface area contributed by atoms with E-state index in [0.717, 1.165) is 0 Å². The highest BCUT2D eigenvalue weighted by molar-refractivity contribution is 9.10. The van der Waals surface area contributed by atoms with Gasteiger partial charge in [-0.2, -0.15) is 13.2 Å². The summed E-state index contributed by atoms with van der Waals surface area (Å²) >= 11 is 3.31. The van der Waals surface area contributed by atoms with E-state index >= 15 is 0 Å². The Bertz CT molecular complexity index is 472. The van der Waals surface area contributed by atoms with Crippen LogP contribution in [0.2, 0.25) is 0 Å². The van der Waals surface area contributed by atoms with Gasteiger partial charge in [0.15, 0.2) is 0 Å². The molecule has 0 aliphatic carbocycles. The molecule has 0 heterocycles. The second-order valence-electron chi connectivity index (χ2n) is 4.05. The number of ether oxygens (including phenoxy) is 3. The van der Waals surface area contributed by atoms with Crippen molar-refractivity contribution in [2.24, 2.45) is 5.84 Å². The van der Waals surface area contributed by atoms with Gasteiger partial charge < -0.3 is 14.2 Å². The number of methoxy groups -OCH3 is 2. The van der Waals surface area contributed by atoms with Gasteiger partial charge in [-0.15, -0.1) is 0 Å². The summed E-state index contributed by atoms with van der Waals surface area (Å²) in [5, 5.41) is 0. The molecule has 1 aromatic carbocycles. The summed E-state index contributed by atoms with van der Waals surface area (Å²) in [7, 11) is 2.93. The number of rotatable bonds is 7. The first-order valence-corrected chi connectivity index (χ1v) is 6.64. The third-order valence-corrected chi connectivity index (χ3v) is 3.39. The zero-order valence-electron chi connectivity index (χ0n) is 11.5. The molecule has 0 aliphatic heterocycles. The summed E-state index contributed by atoms with van der Waals surface area (Å²) in [4.78, 5) is 0. The molecule has 0 aliphatic rings. The molecular formula is C12H16BrF3N2O3. The lowest BCUT2D eigenvalue weighted by molar-refractivity contribution is -0.175. The van der Waals surface area contributed by atoms with Gasteiger partial charge >= 0.3 is 6.18 Å². The molecule has 0 fully saturated rings. The Kier molecular flexibility index (Phi) is 6.72. The fraction of sp³-hybridized carbons (Fsp3) is 0.500. The Hall–Kier alpha value is -1.03. The fourth-order valence-corrected chi connectivity index (χ4v) is 2.40. The van der Waals surface area contributed by atoms with Gasteiger partial charge in [0, 0.05) is 5.56 Å². The highest BCUT2D eigenvalue weighted by Crippen LogP contribution is 2.39. The molecule has 9 heteroatoms. The van der Waals surface area contributed by atoms with Gasteiger partial charge in [0.1, 0.15) is 22.6 Å². The Morgan fingerprint density at radius 3 is 2.43 bits per heavy atom. The third-order valence-electron chi connectivity index (χ3n) is 2.64. The molecule has 0 spiro atoms. The van der Waals surface area contributed by atoms with Gasteiger partial charge in [-0.3, -0.25) is 11.3 Å². The average Bonchev–Trinajstić information content (AvgIpc) is 2.42. The molecule has 1 atom stereocenters. The lowest BCUT2D eigenvalue weighted by atomic mass is 10.1. The van der Waals surface area contributed by atoms with E-state index in [1.807, 2.05) is 0 Å². The Morgan fingerprint density at radius 2 is 1.95 bits per heavy atom. The molecule has 0 saturated heterocycles. The third kappa shape index (κ3) is 5.03. The maximum absolute atomic E-state index is 12.1. The van der Waals surface area contributed by atoms with Gasteiger partial charge in [0.2, 0.25) is 0 Å². The lowest BCUT2D eigenvalue weighted by Crippen LogP contribution is -2.33. The normalized spacial score (nSPS) is 13.1. The molecule has 1 unspecified atom stereocenters. The summed E-state index contributed by atoms with van der Waals surface area (Å²) in [5.74, 6) is 6.33. The quantitative estimate of drug-likeness (QED) is 0.568. The highest BCUT2D eigenvalue weighted by atomic mass is 79.9. The predicted molar refractivity (Wildman–Crippen MR) is 74.2 cm³/mol. The van der Waals surface area contributed by atoms with Crippen LogP contribution < -0.4 is 20.7 Å². The second kappa shape index (κ2) is 7.83. The second-order valence-corrected chi connectivity index (χ2v) is 4.85. The number of hydrazine groups is 1. The summed E-state index contributed by atoms with van der Waals surface area (Å²) in [6, 6.07) is 2.63. The fourth-order valence-electron chi connectivity index (χ4n) is 1.71. The standard InChI is InChI=1S/C12H16BrF3N2O3/c1-19-9-4-3-7(11(20-2)10(9)13)8(18-17)5-21-6-12(14,15)16/h3-4,8,18H,5-6,17H2,1-2H3. The number of nitrogens with one attached hydrogen (secondary N) is 1. The van der Waals surface area contributed by atoms with Gasteiger partial charge in [-0.25, -0.2) is 0 Å². The van der Waals surface area contributed by atoms with Crippen molar-refractivity contribution in [2.45, 2.75) is 12.2 Å². The molecule has 1 aromatic rings. The minimum Gasteiger partial charge on any atom is -0.495 e. The zero-order chi connectivity index (χ0) is 16.0. The molecule has 0 amide bonds. The van der Waals surface area contributed by atoms with Crippen LogP contribution in [0.4, 0.5) is 13.2 Å². The Morgan fingerprint density at radius 1 is 1.29 bits per heavy atom. The molecule has 1 rings (SSSR count). The average molecular weight is 373 g/mol. The number of hydrogen-bond donors (Lipinski definition) is 2. The maximum atomic E-state index is 12.1. The van der Waals surface area contributed by atoms with Crippen molar-refractivity contribution < 1.29 is 27.4 Å². The number of hydrogen-bond acceptors (Lipinski definition) is 5. The van der Waals surface area contributed by atoms with E-state index < -0.39 is 18.8 Å². The van der Waals surface area contributed by atoms with Crippen LogP contribution in [0.25, 0.3) is 0 Å². The van der Waals surface area contributed by atoms with E-state index in [1.54, 1.807) is 12.1 Å². The molecule has 5 nitrogen and oxygen atoms in total. The summed E-state index contributed by atoms with van der Waals surface area (Å²) < 4.78 is 51.8. The molecule has 21 heavy (non-hydrogen) atoms. The minimum atomic E-state index is -4.39. The maximum Gasteiger partial charge on any atom is 0.411 e. The van der Waals surface area contributed by atoms with Crippen molar-refractivity contribution in [3.8, 4) is 11.5 Å². The molecule has 0 radical (unpaired) electrons. The smallest absolute Gasteiger partial charge is 0.411 e. The topological polar surface area (TPSA) is 65.7 Å². The van der Waals surface area contributed by atoms with E-state index in [2.05, 4.69) is 26.1 Å². The van der Waals surface area contributed by atoms with Crippen LogP contribution in [0.1, 0.15) is 11.6 Å². The van der Waals surface area contributed by atoms with E-state index in [1.165, 1.54) is 14.2 Å². The van der Waals surface area contributed by atoms with Crippen molar-refractivity contribution in [1.29, 1.82) is 0 Å². The van der Waals surface area contributed by atoms with Gasteiger partial charge in [-0.1, -0.05) is 0 Å². The van der Waals surface area contributed by atoms with Crippen molar-refractivity contribution >= 4 is 15.9 Å². The molecule has 3 N–H and O–H groups in total. The van der Waals surface area contributed by atoms with Gasteiger partial charge in [0.05, 0.1) is 26.9 Å². The molecule has 120 valence electrons. The van der Waals surface area contributed by atoms with Crippen LogP contribution in [0.5, 0.6) is 11.5 Å². The van der Waals surface area contributed by atoms with E-state index in [9.17, 15) is 13.2 Å². The van der Waals surface area contributed by atoms with Gasteiger partial charge in [0.25, 0.3) is 0 Å². The predicted octanol–water partition coefficient (Wildman–Crippen LogP) is 2.55. The number of nitrogens with two attached hydrogens (primary N) is 1. The van der Waals surface area contributed by atoms with E-state index in [-0.39, 0.29) is 6.61 Å². The molecule has 0 aromatic heterocycles. The largest absolute Gasteiger partial charge is 0.495 e. The number of halogens is 4. The monoisotopic (exact) mass is 372 g/mol. The highest BCUT2D eigenvalue weighted by Gasteiger charge is 2.28. The summed E-state index contributed by atoms with van der Waals surface area (Å²) in [6.45, 7) is -1.60. The van der Waals surface area contributed by atoms with Crippen LogP contribution >= 0.6 is 15.9 Å². The Balaban J connectivity index is 2.92. The summed E-state index contributed by atoms with van der Waals surface area (Å²) in [5.41, 5.74) is 2.96. The van der Waals surface area contributed by atoms with Crippen molar-refractivity contribution in [2.75, 3.05) is 27.4 Å². The molecule has 0 bridgehead atoms. The van der Waals surface area contributed by atoms with Crippen molar-refractivity contribution in [1.82, 2.24) is 5.43 Å². The number of benzene rings is 1. The first-order valence-electron chi connectivity index (χ1n) is 5.85. The van der Waals surface area contributed by atoms with E-state index in [4.69, 9.17) is 15.3 Å². The minimum absolute atomic E-state index is 0.259. The Labute approximate surface area is 128 Å². The van der Waals surface area contributed by atoms with Gasteiger partial charge in [-0.05, 0) is 28.1 Å². The van der Waals surface area contributed by atoms with Crippen LogP contribution in [-0.2, 0) is 4.74 Å². The summed E-state index contributed by atoms with van der Waals surface area (Å²) in [6.07, 6.45) is -4.39. The van der Waals surface area contributed by atoms with Crippen LogP contribution in [-0.4, -0.2) is 33.6 Å². The molecule has 0 saturated carbocycles. The lowest BCUT2D eigenvalue weighted by Gasteiger charge is -2.21. The SMILES string of the molecule is COc1ccc(C(COCC(F)(F)F)NN)c(OC)c1Br. The molecular weight excluding hydrogens is 357 g/mol. The zero-order valence-corrected chi connectivity index (χ0v) is 13.0. The van der Waals surface area contributed by atoms with Crippen molar-refractivity contribution in [3.63, 3.8) is 0 Å². The first kappa shape index (κ1) is 18.0. The van der Waals surface area contributed by atoms with Crippen molar-refractivity contribution in [3.05, 3.63) is 22.2 Å².